The van der Waals surface area contributed by atoms with E-state index in [4.69, 9.17) is 9.84 Å². The Hall–Kier alpha value is -2.66. The Kier molecular flexibility index (Phi) is 4.91. The minimum atomic E-state index is -0.161. The number of hydrogen-bond donors (Lipinski definition) is 2. The van der Waals surface area contributed by atoms with E-state index in [0.717, 1.165) is 23.3 Å². The maximum absolute atomic E-state index is 12.4. The molecule has 2 atom stereocenters. The highest BCUT2D eigenvalue weighted by atomic mass is 16.5. The highest BCUT2D eigenvalue weighted by Gasteiger charge is 2.20. The van der Waals surface area contributed by atoms with Crippen molar-refractivity contribution in [3.8, 4) is 16.9 Å². The lowest BCUT2D eigenvalue weighted by Crippen LogP contribution is -2.33. The smallest absolute Gasteiger partial charge is 0.253 e. The molecule has 5 heteroatoms. The van der Waals surface area contributed by atoms with E-state index in [-0.39, 0.29) is 24.5 Å². The predicted molar refractivity (Wildman–Crippen MR) is 91.8 cm³/mol. The van der Waals surface area contributed by atoms with Crippen LogP contribution in [0.15, 0.2) is 54.9 Å². The average Bonchev–Trinajstić information content (AvgIpc) is 3.09. The SMILES string of the molecule is COc1ccc(-c2cncc(C(=O)N[C@@H]3C=C[C@H](CO)C3)c2)cc1. The largest absolute Gasteiger partial charge is 0.497 e. The van der Waals surface area contributed by atoms with Gasteiger partial charge in [-0.3, -0.25) is 9.78 Å². The van der Waals surface area contributed by atoms with Crippen molar-refractivity contribution in [2.24, 2.45) is 5.92 Å². The van der Waals surface area contributed by atoms with Crippen LogP contribution in [0.4, 0.5) is 0 Å². The number of aliphatic hydroxyl groups excluding tert-OH is 1. The Bertz CT molecular complexity index is 741. The number of carbonyl (C=O) groups is 1. The zero-order valence-corrected chi connectivity index (χ0v) is 13.5. The lowest BCUT2D eigenvalue weighted by molar-refractivity contribution is 0.0940. The third-order valence-electron chi connectivity index (χ3n) is 4.15. The third kappa shape index (κ3) is 3.63. The van der Waals surface area contributed by atoms with Gasteiger partial charge in [0.15, 0.2) is 0 Å². The van der Waals surface area contributed by atoms with Crippen LogP contribution in [0.25, 0.3) is 11.1 Å². The van der Waals surface area contributed by atoms with Crippen LogP contribution in [0.2, 0.25) is 0 Å². The molecule has 0 spiro atoms. The lowest BCUT2D eigenvalue weighted by atomic mass is 10.1. The number of aromatic nitrogens is 1. The summed E-state index contributed by atoms with van der Waals surface area (Å²) < 4.78 is 5.16. The van der Waals surface area contributed by atoms with Crippen molar-refractivity contribution in [3.63, 3.8) is 0 Å². The maximum Gasteiger partial charge on any atom is 0.253 e. The highest BCUT2D eigenvalue weighted by Crippen LogP contribution is 2.23. The number of pyridine rings is 1. The van der Waals surface area contributed by atoms with Gasteiger partial charge in [0.25, 0.3) is 5.91 Å². The molecule has 3 rings (SSSR count). The first-order chi connectivity index (χ1) is 11.7. The molecule has 0 aliphatic heterocycles. The molecule has 1 aliphatic rings. The summed E-state index contributed by atoms with van der Waals surface area (Å²) in [5, 5.41) is 12.1. The summed E-state index contributed by atoms with van der Waals surface area (Å²) >= 11 is 0. The monoisotopic (exact) mass is 324 g/mol. The third-order valence-corrected chi connectivity index (χ3v) is 4.15. The van der Waals surface area contributed by atoms with Crippen LogP contribution in [0.5, 0.6) is 5.75 Å². The van der Waals surface area contributed by atoms with Gasteiger partial charge in [-0.1, -0.05) is 24.3 Å². The summed E-state index contributed by atoms with van der Waals surface area (Å²) in [5.74, 6) is 0.747. The fraction of sp³-hybridized carbons (Fsp3) is 0.263. The molecule has 0 fully saturated rings. The van der Waals surface area contributed by atoms with Crippen LogP contribution in [-0.2, 0) is 0 Å². The van der Waals surface area contributed by atoms with Crippen molar-refractivity contribution in [3.05, 3.63) is 60.4 Å². The zero-order chi connectivity index (χ0) is 16.9. The molecule has 1 aliphatic carbocycles. The fourth-order valence-electron chi connectivity index (χ4n) is 2.77. The van der Waals surface area contributed by atoms with Gasteiger partial charge in [0.05, 0.1) is 12.7 Å². The fourth-order valence-corrected chi connectivity index (χ4v) is 2.77. The van der Waals surface area contributed by atoms with Gasteiger partial charge in [-0.15, -0.1) is 0 Å². The van der Waals surface area contributed by atoms with E-state index in [2.05, 4.69) is 10.3 Å². The van der Waals surface area contributed by atoms with Crippen molar-refractivity contribution >= 4 is 5.91 Å². The van der Waals surface area contributed by atoms with Gasteiger partial charge in [-0.05, 0) is 30.2 Å². The van der Waals surface area contributed by atoms with Gasteiger partial charge < -0.3 is 15.2 Å². The molecule has 2 N–H and O–H groups in total. The second-order valence-corrected chi connectivity index (χ2v) is 5.83. The normalized spacial score (nSPS) is 19.2. The minimum Gasteiger partial charge on any atom is -0.497 e. The van der Waals surface area contributed by atoms with Crippen molar-refractivity contribution in [1.82, 2.24) is 10.3 Å². The number of amides is 1. The Morgan fingerprint density at radius 3 is 2.71 bits per heavy atom. The molecule has 2 aromatic rings. The number of nitrogens with one attached hydrogen (secondary N) is 1. The van der Waals surface area contributed by atoms with Crippen LogP contribution in [0, 0.1) is 5.92 Å². The van der Waals surface area contributed by atoms with Crippen molar-refractivity contribution in [2.45, 2.75) is 12.5 Å². The van der Waals surface area contributed by atoms with Gasteiger partial charge in [-0.2, -0.15) is 0 Å². The Morgan fingerprint density at radius 2 is 2.04 bits per heavy atom. The minimum absolute atomic E-state index is 0.0423. The predicted octanol–water partition coefficient (Wildman–Crippen LogP) is 2.42. The summed E-state index contributed by atoms with van der Waals surface area (Å²) in [4.78, 5) is 16.6. The number of benzene rings is 1. The number of nitrogens with zero attached hydrogens (tertiary/aromatic N) is 1. The summed E-state index contributed by atoms with van der Waals surface area (Å²) in [7, 11) is 1.63. The van der Waals surface area contributed by atoms with Crippen LogP contribution in [0.3, 0.4) is 0 Å². The van der Waals surface area contributed by atoms with Crippen molar-refractivity contribution in [1.29, 1.82) is 0 Å². The zero-order valence-electron chi connectivity index (χ0n) is 13.5. The number of methoxy groups -OCH3 is 1. The number of aliphatic hydroxyl groups is 1. The summed E-state index contributed by atoms with van der Waals surface area (Å²) in [6.07, 6.45) is 7.89. The van der Waals surface area contributed by atoms with Gasteiger partial charge in [0.1, 0.15) is 5.75 Å². The summed E-state index contributed by atoms with van der Waals surface area (Å²) in [6.45, 7) is 0.109. The van der Waals surface area contributed by atoms with Gasteiger partial charge in [-0.25, -0.2) is 0 Å². The van der Waals surface area contributed by atoms with Crippen molar-refractivity contribution < 1.29 is 14.6 Å². The quantitative estimate of drug-likeness (QED) is 0.829. The Labute approximate surface area is 141 Å². The number of hydrogen-bond acceptors (Lipinski definition) is 4. The molecule has 1 amide bonds. The van der Waals surface area contributed by atoms with E-state index in [1.165, 1.54) is 0 Å². The molecule has 0 bridgehead atoms. The second kappa shape index (κ2) is 7.27. The molecule has 0 unspecified atom stereocenters. The molecule has 1 aromatic heterocycles. The number of carbonyl (C=O) groups excluding carboxylic acids is 1. The van der Waals surface area contributed by atoms with E-state index < -0.39 is 0 Å². The Balaban J connectivity index is 1.72. The molecule has 0 saturated carbocycles. The first-order valence-corrected chi connectivity index (χ1v) is 7.89. The van der Waals surface area contributed by atoms with Gasteiger partial charge in [0.2, 0.25) is 0 Å². The number of rotatable bonds is 5. The maximum atomic E-state index is 12.4. The lowest BCUT2D eigenvalue weighted by Gasteiger charge is -2.13. The van der Waals surface area contributed by atoms with E-state index in [9.17, 15) is 4.79 Å². The molecule has 24 heavy (non-hydrogen) atoms. The average molecular weight is 324 g/mol. The Morgan fingerprint density at radius 1 is 1.25 bits per heavy atom. The number of ether oxygens (including phenoxy) is 1. The van der Waals surface area contributed by atoms with E-state index >= 15 is 0 Å². The first-order valence-electron chi connectivity index (χ1n) is 7.89. The highest BCUT2D eigenvalue weighted by molar-refractivity contribution is 5.95. The van der Waals surface area contributed by atoms with Crippen LogP contribution < -0.4 is 10.1 Å². The molecule has 124 valence electrons. The molecule has 1 aromatic carbocycles. The van der Waals surface area contributed by atoms with E-state index in [1.54, 1.807) is 19.5 Å². The standard InChI is InChI=1S/C19H20N2O3/c1-24-18-6-3-14(4-7-18)15-9-16(11-20-10-15)19(23)21-17-5-2-13(8-17)12-22/h2-7,9-11,13,17,22H,8,12H2,1H3,(H,21,23)/t13-,17+/m0/s1. The van der Waals surface area contributed by atoms with Crippen LogP contribution in [0.1, 0.15) is 16.8 Å². The van der Waals surface area contributed by atoms with E-state index in [1.807, 2.05) is 42.5 Å². The molecular weight excluding hydrogens is 304 g/mol. The topological polar surface area (TPSA) is 71.5 Å². The van der Waals surface area contributed by atoms with Crippen LogP contribution >= 0.6 is 0 Å². The summed E-state index contributed by atoms with van der Waals surface area (Å²) in [5.41, 5.74) is 2.36. The molecule has 5 nitrogen and oxygen atoms in total. The van der Waals surface area contributed by atoms with Gasteiger partial charge in [0, 0.05) is 36.5 Å². The summed E-state index contributed by atoms with van der Waals surface area (Å²) in [6, 6.07) is 9.40. The first kappa shape index (κ1) is 16.2. The molecular formula is C19H20N2O3. The van der Waals surface area contributed by atoms with Crippen LogP contribution in [-0.4, -0.2) is 35.8 Å². The molecule has 1 heterocycles. The molecule has 0 radical (unpaired) electrons. The van der Waals surface area contributed by atoms with Gasteiger partial charge >= 0.3 is 0 Å². The van der Waals surface area contributed by atoms with E-state index in [0.29, 0.717) is 5.56 Å². The second-order valence-electron chi connectivity index (χ2n) is 5.83. The molecule has 0 saturated heterocycles. The van der Waals surface area contributed by atoms with Crippen molar-refractivity contribution in [2.75, 3.05) is 13.7 Å².